The van der Waals surface area contributed by atoms with Gasteiger partial charge in [0.1, 0.15) is 18.0 Å². The van der Waals surface area contributed by atoms with E-state index in [1.54, 1.807) is 0 Å². The molecule has 2 aliphatic rings. The molecule has 6 aromatic carbocycles. The maximum Gasteiger partial charge on any atom is 0.186 e. The second-order valence-corrected chi connectivity index (χ2v) is 37.7. The Labute approximate surface area is 582 Å². The Kier molecular flexibility index (Phi) is 38.3. The molecule has 96 heavy (non-hydrogen) atoms. The number of hydrogen-bond acceptors (Lipinski definition) is 12. The van der Waals surface area contributed by atoms with Gasteiger partial charge in [0.2, 0.25) is 0 Å². The lowest BCUT2D eigenvalue weighted by molar-refractivity contribution is 0.438. The molecule has 0 atom stereocenters. The van der Waals surface area contributed by atoms with Crippen LogP contribution in [0.5, 0.6) is 0 Å². The van der Waals surface area contributed by atoms with Gasteiger partial charge in [0.25, 0.3) is 0 Å². The van der Waals surface area contributed by atoms with Gasteiger partial charge < -0.3 is 0 Å². The first kappa shape index (κ1) is 82.3. The van der Waals surface area contributed by atoms with Crippen LogP contribution in [-0.4, -0.2) is 76.7 Å². The number of aliphatic imine (C=N–C) groups is 10. The van der Waals surface area contributed by atoms with Crippen molar-refractivity contribution in [3.8, 4) is 0 Å². The highest BCUT2D eigenvalue weighted by atomic mass is 28.3. The van der Waals surface area contributed by atoms with E-state index >= 15 is 0 Å². The van der Waals surface area contributed by atoms with Gasteiger partial charge in [-0.3, -0.25) is 9.32 Å². The van der Waals surface area contributed by atoms with Crippen molar-refractivity contribution in [3.63, 3.8) is 0 Å². The standard InChI is InChI=1S/C25H34N2.2C15H14N2.C13H22N2.C7H18N2Si2.C7H14N2/c1-16(2)20-11-9-12-21(17(3)4)24(20)26-15-27-25-22(18(5)6)13-10-14-23(25)19(7)8;1-12-3-7-14(8-4-12)16-11-17-15-9-5-13(2)6-10-15;1-12-7-3-5-9-14(12)16-11-17-15-10-6-4-8-13(15)2;1-3-7-12(8-4-1)14-11-15-13-9-5-2-6-10-13;1-10(2,3)8-7-9-11(4,5)6;1-6(2)8-5-9-7(3)4/h9-14,16-19H,1-8H3;2*3-10H,1-2H3;12-13H,1-10H2;1-6H3;6-7H,1-4H3. The van der Waals surface area contributed by atoms with Gasteiger partial charge in [0.05, 0.1) is 76.3 Å². The van der Waals surface area contributed by atoms with Crippen LogP contribution in [-0.2, 0) is 0 Å². The third-order valence-corrected chi connectivity index (χ3v) is 16.6. The van der Waals surface area contributed by atoms with Crippen molar-refractivity contribution in [1.29, 1.82) is 0 Å². The average molecular weight is 1330 g/mol. The minimum absolute atomic E-state index is 0.312. The molecule has 2 fully saturated rings. The minimum Gasteiger partial charge on any atom is -0.268 e. The summed E-state index contributed by atoms with van der Waals surface area (Å²) in [4.78, 5) is 43.0. The topological polar surface area (TPSA) is 148 Å². The molecule has 0 aromatic heterocycles. The Balaban J connectivity index is 0.000000311. The molecule has 12 nitrogen and oxygen atoms in total. The largest absolute Gasteiger partial charge is 0.268 e. The predicted octanol–water partition coefficient (Wildman–Crippen LogP) is 25.8. The fourth-order valence-electron chi connectivity index (χ4n) is 9.50. The highest BCUT2D eigenvalue weighted by molar-refractivity contribution is 6.76. The quantitative estimate of drug-likeness (QED) is 0.0670. The van der Waals surface area contributed by atoms with Crippen molar-refractivity contribution in [2.45, 2.75) is 262 Å². The van der Waals surface area contributed by atoms with Gasteiger partial charge in [-0.25, -0.2) is 20.0 Å². The molecule has 0 aliphatic heterocycles. The number of nitrogens with zero attached hydrogens (tertiary/aromatic N) is 12. The maximum atomic E-state index is 4.73. The number of rotatable bonds is 16. The zero-order valence-corrected chi connectivity index (χ0v) is 64.8. The van der Waals surface area contributed by atoms with Crippen LogP contribution in [0.2, 0.25) is 39.3 Å². The van der Waals surface area contributed by atoms with Gasteiger partial charge in [0.15, 0.2) is 16.5 Å². The lowest BCUT2D eigenvalue weighted by atomic mass is 9.93. The zero-order chi connectivity index (χ0) is 71.1. The van der Waals surface area contributed by atoms with Crippen molar-refractivity contribution in [1.82, 2.24) is 0 Å². The first-order valence-corrected chi connectivity index (χ1v) is 41.9. The van der Waals surface area contributed by atoms with E-state index in [4.69, 9.17) is 9.98 Å². The molecule has 0 unspecified atom stereocenters. The van der Waals surface area contributed by atoms with Crippen molar-refractivity contribution in [2.24, 2.45) is 59.2 Å². The van der Waals surface area contributed by atoms with Crippen molar-refractivity contribution in [3.05, 3.63) is 178 Å². The van der Waals surface area contributed by atoms with Crippen LogP contribution in [0.25, 0.3) is 0 Å². The molecule has 0 radical (unpaired) electrons. The molecule has 14 heteroatoms. The molecule has 0 heterocycles. The van der Waals surface area contributed by atoms with Gasteiger partial charge in [-0.15, -0.1) is 0 Å². The first-order valence-electron chi connectivity index (χ1n) is 35.0. The summed E-state index contributed by atoms with van der Waals surface area (Å²) >= 11 is 0. The molecule has 2 saturated carbocycles. The van der Waals surface area contributed by atoms with Crippen LogP contribution in [0.1, 0.15) is 215 Å². The molecule has 8 rings (SSSR count). The molecule has 6 aromatic rings. The van der Waals surface area contributed by atoms with E-state index in [9.17, 15) is 0 Å². The minimum atomic E-state index is -1.31. The van der Waals surface area contributed by atoms with Gasteiger partial charge >= 0.3 is 0 Å². The lowest BCUT2D eigenvalue weighted by Gasteiger charge is -2.17. The second-order valence-electron chi connectivity index (χ2n) is 28.6. The van der Waals surface area contributed by atoms with E-state index < -0.39 is 16.5 Å². The molecular weight excluding hydrogens is 1210 g/mol. The summed E-state index contributed by atoms with van der Waals surface area (Å²) in [5.41, 5.74) is 15.3. The van der Waals surface area contributed by atoms with Gasteiger partial charge in [-0.2, -0.15) is 30.0 Å². The van der Waals surface area contributed by atoms with Gasteiger partial charge in [0, 0.05) is 0 Å². The summed E-state index contributed by atoms with van der Waals surface area (Å²) in [5.74, 6) is 1.66. The third kappa shape index (κ3) is 35.7. The fourth-order valence-corrected chi connectivity index (χ4v) is 10.3. The smallest absolute Gasteiger partial charge is 0.186 e. The number of aryl methyl sites for hydroxylation is 4. The van der Waals surface area contributed by atoms with Crippen molar-refractivity contribution >= 4 is 86.6 Å². The lowest BCUT2D eigenvalue weighted by Crippen LogP contribution is -2.18. The highest BCUT2D eigenvalue weighted by Gasteiger charge is 2.17. The fraction of sp³-hybridized carbons (Fsp3) is 0.488. The Hall–Kier alpha value is -7.97. The molecule has 0 spiro atoms. The molecule has 0 saturated heterocycles. The van der Waals surface area contributed by atoms with Crippen molar-refractivity contribution in [2.75, 3.05) is 0 Å². The molecule has 512 valence electrons. The van der Waals surface area contributed by atoms with Crippen LogP contribution in [0.15, 0.2) is 193 Å². The summed E-state index contributed by atoms with van der Waals surface area (Å²) < 4.78 is 8.60. The first-order chi connectivity index (χ1) is 45.5. The molecule has 0 bridgehead atoms. The summed E-state index contributed by atoms with van der Waals surface area (Å²) in [5, 5.41) is 0. The number of benzene rings is 6. The van der Waals surface area contributed by atoms with Crippen LogP contribution in [0.4, 0.5) is 34.1 Å². The van der Waals surface area contributed by atoms with Crippen LogP contribution >= 0.6 is 0 Å². The average Bonchev–Trinajstić information content (AvgIpc) is 0.835. The monoisotopic (exact) mass is 1320 g/mol. The van der Waals surface area contributed by atoms with E-state index in [0.717, 1.165) is 45.3 Å². The second kappa shape index (κ2) is 44.7. The Morgan fingerprint density at radius 1 is 0.323 bits per heavy atom. The van der Waals surface area contributed by atoms with Crippen LogP contribution in [0.3, 0.4) is 0 Å². The van der Waals surface area contributed by atoms with E-state index in [1.165, 1.54) is 97.6 Å². The van der Waals surface area contributed by atoms with Crippen LogP contribution < -0.4 is 0 Å². The normalized spacial score (nSPS) is 12.7. The summed E-state index contributed by atoms with van der Waals surface area (Å²) in [6.45, 7) is 46.9. The Morgan fingerprint density at radius 3 is 0.938 bits per heavy atom. The van der Waals surface area contributed by atoms with Crippen molar-refractivity contribution < 1.29 is 0 Å². The van der Waals surface area contributed by atoms with Crippen LogP contribution in [0, 0.1) is 27.7 Å². The van der Waals surface area contributed by atoms with Gasteiger partial charge in [-0.05, 0) is 214 Å². The summed E-state index contributed by atoms with van der Waals surface area (Å²) in [6, 6.07) is 63.3. The van der Waals surface area contributed by atoms with E-state index in [2.05, 4.69) is 216 Å². The van der Waals surface area contributed by atoms with E-state index in [0.29, 0.717) is 47.8 Å². The van der Waals surface area contributed by atoms with E-state index in [-0.39, 0.29) is 0 Å². The zero-order valence-electron chi connectivity index (χ0n) is 62.8. The third-order valence-electron chi connectivity index (χ3n) is 15.0. The number of hydrogen-bond donors (Lipinski definition) is 0. The Morgan fingerprint density at radius 2 is 0.635 bits per heavy atom. The number of para-hydroxylation sites is 4. The maximum absolute atomic E-state index is 4.73. The van der Waals surface area contributed by atoms with Gasteiger partial charge in [-0.1, -0.05) is 202 Å². The predicted molar refractivity (Wildman–Crippen MR) is 422 cm³/mol. The van der Waals surface area contributed by atoms with E-state index in [1.807, 2.05) is 152 Å². The molecule has 2 aliphatic carbocycles. The summed E-state index contributed by atoms with van der Waals surface area (Å²) in [7, 11) is -2.63. The summed E-state index contributed by atoms with van der Waals surface area (Å²) in [6.07, 6.45) is 13.2. The molecule has 0 N–H and O–H groups in total. The molecular formula is C82H116N12Si2. The SMILES string of the molecule is C(=NC1CCCCC1)=NC1CCCCC1.CC(C)N=C=NC(C)C.CC(C)c1cccc(C(C)C)c1N=C=Nc1c(C(C)C)cccc1C(C)C.C[Si](C)(C)N=C=N[Si](C)(C)C.Cc1ccc(N=C=Nc2ccc(C)cc2)cc1.Cc1ccccc1N=C=Nc1ccccc1C. The highest BCUT2D eigenvalue weighted by Crippen LogP contribution is 2.37. The molecule has 0 amide bonds. The Bertz CT molecular complexity index is 3390.